The highest BCUT2D eigenvalue weighted by molar-refractivity contribution is 9.11. The maximum Gasteiger partial charge on any atom is 0.125 e. The third-order valence-corrected chi connectivity index (χ3v) is 3.69. The molecule has 1 aromatic heterocycles. The molecule has 0 bridgehead atoms. The molecule has 1 heterocycles. The lowest BCUT2D eigenvalue weighted by Crippen LogP contribution is -2.21. The lowest BCUT2D eigenvalue weighted by atomic mass is 10.0. The number of benzene rings is 1. The van der Waals surface area contributed by atoms with Crippen molar-refractivity contribution in [3.05, 3.63) is 56.9 Å². The molecule has 0 aliphatic rings. The minimum atomic E-state index is 0.0810. The Balaban J connectivity index is 2.39. The van der Waals surface area contributed by atoms with Crippen molar-refractivity contribution in [3.63, 3.8) is 0 Å². The maximum absolute atomic E-state index is 5.49. The Morgan fingerprint density at radius 2 is 2.12 bits per heavy atom. The quantitative estimate of drug-likeness (QED) is 0.870. The van der Waals surface area contributed by atoms with Gasteiger partial charge in [0, 0.05) is 8.95 Å². The van der Waals surface area contributed by atoms with Gasteiger partial charge < -0.3 is 9.73 Å². The molecule has 90 valence electrons. The first-order valence-corrected chi connectivity index (χ1v) is 7.02. The second kappa shape index (κ2) is 5.85. The average molecular weight is 359 g/mol. The Morgan fingerprint density at radius 3 is 2.71 bits per heavy atom. The van der Waals surface area contributed by atoms with Crippen molar-refractivity contribution >= 4 is 31.9 Å². The van der Waals surface area contributed by atoms with E-state index in [0.29, 0.717) is 0 Å². The fraction of sp³-hybridized carbons (Fsp3) is 0.231. The third kappa shape index (κ3) is 3.00. The highest BCUT2D eigenvalue weighted by Gasteiger charge is 2.18. The number of rotatable bonds is 4. The zero-order valence-electron chi connectivity index (χ0n) is 9.41. The standard InChI is InChI=1S/C13H13Br2NO/c1-2-16-13(12-4-3-7-17-12)10-6-5-9(14)8-11(10)15/h3-8,13,16H,2H2,1H3. The lowest BCUT2D eigenvalue weighted by Gasteiger charge is -2.17. The molecule has 2 rings (SSSR count). The van der Waals surface area contributed by atoms with Crippen LogP contribution in [-0.4, -0.2) is 6.54 Å². The Hall–Kier alpha value is -0.580. The molecule has 4 heteroatoms. The predicted octanol–water partition coefficient (Wildman–Crippen LogP) is 4.50. The van der Waals surface area contributed by atoms with E-state index in [2.05, 4.69) is 50.2 Å². The van der Waals surface area contributed by atoms with E-state index in [0.717, 1.165) is 21.3 Å². The molecular weight excluding hydrogens is 346 g/mol. The van der Waals surface area contributed by atoms with E-state index in [1.165, 1.54) is 5.56 Å². The normalized spacial score (nSPS) is 12.6. The summed E-state index contributed by atoms with van der Waals surface area (Å²) in [5.74, 6) is 0.926. The van der Waals surface area contributed by atoms with E-state index in [-0.39, 0.29) is 6.04 Å². The van der Waals surface area contributed by atoms with Crippen LogP contribution < -0.4 is 5.32 Å². The summed E-state index contributed by atoms with van der Waals surface area (Å²) in [6.07, 6.45) is 1.70. The van der Waals surface area contributed by atoms with Crippen molar-refractivity contribution in [1.29, 1.82) is 0 Å². The molecule has 2 aromatic rings. The number of hydrogen-bond acceptors (Lipinski definition) is 2. The van der Waals surface area contributed by atoms with E-state index in [1.54, 1.807) is 6.26 Å². The molecule has 0 amide bonds. The minimum Gasteiger partial charge on any atom is -0.467 e. The van der Waals surface area contributed by atoms with Gasteiger partial charge in [-0.2, -0.15) is 0 Å². The molecular formula is C13H13Br2NO. The number of furan rings is 1. The molecule has 0 radical (unpaired) electrons. The SMILES string of the molecule is CCNC(c1ccco1)c1ccc(Br)cc1Br. The summed E-state index contributed by atoms with van der Waals surface area (Å²) in [7, 11) is 0. The molecule has 1 atom stereocenters. The van der Waals surface area contributed by atoms with Crippen LogP contribution >= 0.6 is 31.9 Å². The molecule has 2 nitrogen and oxygen atoms in total. The van der Waals surface area contributed by atoms with Gasteiger partial charge in [0.05, 0.1) is 12.3 Å². The number of hydrogen-bond donors (Lipinski definition) is 1. The Bertz CT molecular complexity index is 482. The van der Waals surface area contributed by atoms with Crippen LogP contribution in [0, 0.1) is 0 Å². The van der Waals surface area contributed by atoms with Crippen LogP contribution in [0.4, 0.5) is 0 Å². The largest absolute Gasteiger partial charge is 0.467 e. The van der Waals surface area contributed by atoms with Crippen molar-refractivity contribution in [1.82, 2.24) is 5.32 Å². The topological polar surface area (TPSA) is 25.2 Å². The summed E-state index contributed by atoms with van der Waals surface area (Å²) < 4.78 is 7.62. The first kappa shape index (κ1) is 12.9. The maximum atomic E-state index is 5.49. The molecule has 0 aliphatic carbocycles. The summed E-state index contributed by atoms with van der Waals surface area (Å²) in [5, 5.41) is 3.42. The van der Waals surface area contributed by atoms with Gasteiger partial charge in [0.2, 0.25) is 0 Å². The van der Waals surface area contributed by atoms with Gasteiger partial charge in [0.15, 0.2) is 0 Å². The highest BCUT2D eigenvalue weighted by Crippen LogP contribution is 2.30. The first-order valence-electron chi connectivity index (χ1n) is 5.44. The molecule has 0 saturated carbocycles. The monoisotopic (exact) mass is 357 g/mol. The highest BCUT2D eigenvalue weighted by atomic mass is 79.9. The van der Waals surface area contributed by atoms with Gasteiger partial charge in [0.1, 0.15) is 5.76 Å². The fourth-order valence-electron chi connectivity index (χ4n) is 1.76. The van der Waals surface area contributed by atoms with Gasteiger partial charge in [-0.1, -0.05) is 44.8 Å². The molecule has 1 unspecified atom stereocenters. The molecule has 1 N–H and O–H groups in total. The molecule has 0 saturated heterocycles. The first-order chi connectivity index (χ1) is 8.22. The van der Waals surface area contributed by atoms with Crippen LogP contribution in [0.15, 0.2) is 50.0 Å². The van der Waals surface area contributed by atoms with Gasteiger partial charge in [-0.3, -0.25) is 0 Å². The van der Waals surface area contributed by atoms with Crippen LogP contribution in [0.2, 0.25) is 0 Å². The number of halogens is 2. The van der Waals surface area contributed by atoms with Crippen molar-refractivity contribution in [2.24, 2.45) is 0 Å². The van der Waals surface area contributed by atoms with Crippen LogP contribution in [0.5, 0.6) is 0 Å². The predicted molar refractivity (Wildman–Crippen MR) is 76.1 cm³/mol. The fourth-order valence-corrected chi connectivity index (χ4v) is 3.04. The zero-order valence-corrected chi connectivity index (χ0v) is 12.6. The van der Waals surface area contributed by atoms with Crippen molar-refractivity contribution in [2.45, 2.75) is 13.0 Å². The summed E-state index contributed by atoms with van der Waals surface area (Å²) in [6.45, 7) is 2.97. The van der Waals surface area contributed by atoms with E-state index in [4.69, 9.17) is 4.42 Å². The third-order valence-electron chi connectivity index (χ3n) is 2.51. The Labute approximate surface area is 118 Å². The molecule has 0 aliphatic heterocycles. The molecule has 0 spiro atoms. The van der Waals surface area contributed by atoms with Gasteiger partial charge >= 0.3 is 0 Å². The van der Waals surface area contributed by atoms with Gasteiger partial charge in [0.25, 0.3) is 0 Å². The van der Waals surface area contributed by atoms with Crippen LogP contribution in [0.25, 0.3) is 0 Å². The zero-order chi connectivity index (χ0) is 12.3. The molecule has 1 aromatic carbocycles. The summed E-state index contributed by atoms with van der Waals surface area (Å²) >= 11 is 7.05. The summed E-state index contributed by atoms with van der Waals surface area (Å²) in [6, 6.07) is 10.1. The molecule has 17 heavy (non-hydrogen) atoms. The second-order valence-corrected chi connectivity index (χ2v) is 5.44. The van der Waals surface area contributed by atoms with Gasteiger partial charge in [-0.05, 0) is 36.4 Å². The van der Waals surface area contributed by atoms with Crippen molar-refractivity contribution in [2.75, 3.05) is 6.54 Å². The van der Waals surface area contributed by atoms with Crippen molar-refractivity contribution < 1.29 is 4.42 Å². The summed E-state index contributed by atoms with van der Waals surface area (Å²) in [4.78, 5) is 0. The van der Waals surface area contributed by atoms with Crippen LogP contribution in [-0.2, 0) is 0 Å². The Kier molecular flexibility index (Phi) is 4.42. The smallest absolute Gasteiger partial charge is 0.125 e. The van der Waals surface area contributed by atoms with Crippen molar-refractivity contribution in [3.8, 4) is 0 Å². The number of nitrogens with one attached hydrogen (secondary N) is 1. The van der Waals surface area contributed by atoms with Gasteiger partial charge in [-0.25, -0.2) is 0 Å². The van der Waals surface area contributed by atoms with E-state index >= 15 is 0 Å². The van der Waals surface area contributed by atoms with E-state index in [9.17, 15) is 0 Å². The van der Waals surface area contributed by atoms with Gasteiger partial charge in [-0.15, -0.1) is 0 Å². The Morgan fingerprint density at radius 1 is 1.29 bits per heavy atom. The van der Waals surface area contributed by atoms with Crippen LogP contribution in [0.3, 0.4) is 0 Å². The summed E-state index contributed by atoms with van der Waals surface area (Å²) in [5.41, 5.74) is 1.17. The van der Waals surface area contributed by atoms with Crippen LogP contribution in [0.1, 0.15) is 24.3 Å². The minimum absolute atomic E-state index is 0.0810. The average Bonchev–Trinajstić information content (AvgIpc) is 2.80. The molecule has 0 fully saturated rings. The second-order valence-electron chi connectivity index (χ2n) is 3.67. The lowest BCUT2D eigenvalue weighted by molar-refractivity contribution is 0.451. The van der Waals surface area contributed by atoms with E-state index in [1.807, 2.05) is 24.3 Å². The van der Waals surface area contributed by atoms with E-state index < -0.39 is 0 Å².